The highest BCUT2D eigenvalue weighted by molar-refractivity contribution is 5.77. The first-order chi connectivity index (χ1) is 9.10. The van der Waals surface area contributed by atoms with Crippen LogP contribution in [0.25, 0.3) is 0 Å². The molecule has 3 N–H and O–H groups in total. The molecule has 1 saturated carbocycles. The zero-order valence-electron chi connectivity index (χ0n) is 10.7. The Morgan fingerprint density at radius 3 is 2.47 bits per heavy atom. The number of carbonyl (C=O) groups is 2. The Labute approximate surface area is 112 Å². The topological polar surface area (TPSA) is 81.4 Å². The Bertz CT molecular complexity index is 455. The normalized spacial score (nSPS) is 16.2. The second-order valence-electron chi connectivity index (χ2n) is 4.96. The van der Waals surface area contributed by atoms with Crippen molar-refractivity contribution in [2.24, 2.45) is 5.73 Å². The predicted octanol–water partition coefficient (Wildman–Crippen LogP) is 1.71. The molecular weight excluding hydrogens is 244 g/mol. The minimum atomic E-state index is -0.496. The van der Waals surface area contributed by atoms with E-state index in [9.17, 15) is 9.59 Å². The molecule has 0 unspecified atom stereocenters. The van der Waals surface area contributed by atoms with Crippen molar-refractivity contribution in [2.75, 3.05) is 0 Å². The Kier molecular flexibility index (Phi) is 4.04. The monoisotopic (exact) mass is 262 g/mol. The molecule has 2 amide bonds. The van der Waals surface area contributed by atoms with Crippen molar-refractivity contribution in [3.05, 3.63) is 35.9 Å². The van der Waals surface area contributed by atoms with E-state index in [2.05, 4.69) is 5.32 Å². The van der Waals surface area contributed by atoms with E-state index in [1.54, 1.807) is 0 Å². The smallest absolute Gasteiger partial charge is 0.407 e. The molecule has 0 radical (unpaired) electrons. The van der Waals surface area contributed by atoms with Crippen LogP contribution in [0.4, 0.5) is 4.79 Å². The lowest BCUT2D eigenvalue weighted by Gasteiger charge is -2.41. The van der Waals surface area contributed by atoms with Crippen molar-refractivity contribution < 1.29 is 14.3 Å². The van der Waals surface area contributed by atoms with Crippen LogP contribution < -0.4 is 11.1 Å². The molecule has 1 fully saturated rings. The van der Waals surface area contributed by atoms with Crippen LogP contribution in [0.15, 0.2) is 30.3 Å². The average Bonchev–Trinajstić information content (AvgIpc) is 2.34. The van der Waals surface area contributed by atoms with Crippen LogP contribution in [-0.4, -0.2) is 17.5 Å². The van der Waals surface area contributed by atoms with Gasteiger partial charge in [0.2, 0.25) is 5.91 Å². The molecule has 5 heteroatoms. The summed E-state index contributed by atoms with van der Waals surface area (Å²) in [5.74, 6) is -0.400. The zero-order chi connectivity index (χ0) is 13.7. The summed E-state index contributed by atoms with van der Waals surface area (Å²) in [5, 5.41) is 2.77. The molecule has 1 aromatic carbocycles. The van der Waals surface area contributed by atoms with Crippen LogP contribution >= 0.6 is 0 Å². The van der Waals surface area contributed by atoms with Crippen molar-refractivity contribution in [3.63, 3.8) is 0 Å². The third kappa shape index (κ3) is 3.71. The molecule has 0 aromatic heterocycles. The van der Waals surface area contributed by atoms with Gasteiger partial charge in [0.1, 0.15) is 6.61 Å². The maximum Gasteiger partial charge on any atom is 0.407 e. The molecule has 102 valence electrons. The molecule has 0 aliphatic heterocycles. The Hall–Kier alpha value is -2.04. The molecule has 1 aliphatic carbocycles. The van der Waals surface area contributed by atoms with Gasteiger partial charge in [-0.25, -0.2) is 4.79 Å². The summed E-state index contributed by atoms with van der Waals surface area (Å²) in [6, 6.07) is 9.44. The number of nitrogens with two attached hydrogens (primary N) is 1. The van der Waals surface area contributed by atoms with Gasteiger partial charge < -0.3 is 15.8 Å². The summed E-state index contributed by atoms with van der Waals surface area (Å²) in [6.07, 6.45) is 2.22. The lowest BCUT2D eigenvalue weighted by Crippen LogP contribution is -2.55. The van der Waals surface area contributed by atoms with Crippen LogP contribution in [0.5, 0.6) is 0 Å². The molecule has 0 spiro atoms. The first kappa shape index (κ1) is 13.4. The molecule has 1 aromatic rings. The van der Waals surface area contributed by atoms with E-state index in [0.717, 1.165) is 24.8 Å². The molecule has 2 rings (SSSR count). The lowest BCUT2D eigenvalue weighted by molar-refractivity contribution is -0.120. The summed E-state index contributed by atoms with van der Waals surface area (Å²) in [6.45, 7) is 0.222. The molecule has 5 nitrogen and oxygen atoms in total. The number of primary amides is 1. The van der Waals surface area contributed by atoms with Gasteiger partial charge in [0.05, 0.1) is 5.54 Å². The first-order valence-electron chi connectivity index (χ1n) is 6.37. The highest BCUT2D eigenvalue weighted by Crippen LogP contribution is 2.34. The SMILES string of the molecule is NC(=O)CC1(NC(=O)OCc2ccccc2)CCC1. The third-order valence-corrected chi connectivity index (χ3v) is 3.40. The highest BCUT2D eigenvalue weighted by Gasteiger charge is 2.40. The molecular formula is C14H18N2O3. The Balaban J connectivity index is 1.82. The summed E-state index contributed by atoms with van der Waals surface area (Å²) in [5.41, 5.74) is 5.64. The standard InChI is InChI=1S/C14H18N2O3/c15-12(17)9-14(7-4-8-14)16-13(18)19-10-11-5-2-1-3-6-11/h1-3,5-6H,4,7-10H2,(H2,15,17)(H,16,18). The highest BCUT2D eigenvalue weighted by atomic mass is 16.5. The maximum atomic E-state index is 11.7. The maximum absolute atomic E-state index is 11.7. The van der Waals surface area contributed by atoms with E-state index in [1.165, 1.54) is 0 Å². The number of alkyl carbamates (subject to hydrolysis) is 1. The predicted molar refractivity (Wildman–Crippen MR) is 70.2 cm³/mol. The number of nitrogens with one attached hydrogen (secondary N) is 1. The van der Waals surface area contributed by atoms with E-state index >= 15 is 0 Å². The van der Waals surface area contributed by atoms with Gasteiger partial charge in [-0.3, -0.25) is 4.79 Å². The van der Waals surface area contributed by atoms with Crippen LogP contribution in [0.1, 0.15) is 31.2 Å². The lowest BCUT2D eigenvalue weighted by atomic mass is 9.74. The van der Waals surface area contributed by atoms with Gasteiger partial charge >= 0.3 is 6.09 Å². The average molecular weight is 262 g/mol. The zero-order valence-corrected chi connectivity index (χ0v) is 10.7. The van der Waals surface area contributed by atoms with Gasteiger partial charge in [-0.1, -0.05) is 30.3 Å². The number of carbonyl (C=O) groups excluding carboxylic acids is 2. The molecule has 0 saturated heterocycles. The van der Waals surface area contributed by atoms with Crippen LogP contribution in [0, 0.1) is 0 Å². The first-order valence-corrected chi connectivity index (χ1v) is 6.37. The minimum Gasteiger partial charge on any atom is -0.445 e. The summed E-state index contributed by atoms with van der Waals surface area (Å²) in [7, 11) is 0. The fraction of sp³-hybridized carbons (Fsp3) is 0.429. The quantitative estimate of drug-likeness (QED) is 0.847. The van der Waals surface area contributed by atoms with Crippen LogP contribution in [0.2, 0.25) is 0 Å². The summed E-state index contributed by atoms with van der Waals surface area (Å²) in [4.78, 5) is 22.7. The second kappa shape index (κ2) is 5.73. The van der Waals surface area contributed by atoms with E-state index in [4.69, 9.17) is 10.5 Å². The van der Waals surface area contributed by atoms with Crippen molar-refractivity contribution in [1.82, 2.24) is 5.32 Å². The summed E-state index contributed by atoms with van der Waals surface area (Å²) >= 11 is 0. The van der Waals surface area contributed by atoms with Gasteiger partial charge in [-0.15, -0.1) is 0 Å². The number of hydrogen-bond donors (Lipinski definition) is 2. The fourth-order valence-electron chi connectivity index (χ4n) is 2.26. The molecule has 19 heavy (non-hydrogen) atoms. The minimum absolute atomic E-state index is 0.174. The van der Waals surface area contributed by atoms with Crippen LogP contribution in [-0.2, 0) is 16.1 Å². The fourth-order valence-corrected chi connectivity index (χ4v) is 2.26. The van der Waals surface area contributed by atoms with Gasteiger partial charge in [-0.2, -0.15) is 0 Å². The second-order valence-corrected chi connectivity index (χ2v) is 4.96. The number of rotatable bonds is 5. The van der Waals surface area contributed by atoms with Gasteiger partial charge in [0, 0.05) is 6.42 Å². The molecule has 1 aliphatic rings. The largest absolute Gasteiger partial charge is 0.445 e. The molecule has 0 atom stereocenters. The molecule has 0 heterocycles. The number of hydrogen-bond acceptors (Lipinski definition) is 3. The van der Waals surface area contributed by atoms with E-state index in [-0.39, 0.29) is 13.0 Å². The van der Waals surface area contributed by atoms with Crippen molar-refractivity contribution in [3.8, 4) is 0 Å². The Morgan fingerprint density at radius 1 is 1.26 bits per heavy atom. The van der Waals surface area contributed by atoms with Crippen LogP contribution in [0.3, 0.4) is 0 Å². The van der Waals surface area contributed by atoms with Crippen molar-refractivity contribution in [2.45, 2.75) is 37.8 Å². The van der Waals surface area contributed by atoms with Crippen molar-refractivity contribution in [1.29, 1.82) is 0 Å². The Morgan fingerprint density at radius 2 is 1.95 bits per heavy atom. The van der Waals surface area contributed by atoms with Gasteiger partial charge in [0.15, 0.2) is 0 Å². The number of ether oxygens (including phenoxy) is 1. The van der Waals surface area contributed by atoms with E-state index in [0.29, 0.717) is 0 Å². The van der Waals surface area contributed by atoms with E-state index in [1.807, 2.05) is 30.3 Å². The number of amides is 2. The molecule has 0 bridgehead atoms. The summed E-state index contributed by atoms with van der Waals surface area (Å²) < 4.78 is 5.14. The number of benzene rings is 1. The van der Waals surface area contributed by atoms with Gasteiger partial charge in [-0.05, 0) is 24.8 Å². The van der Waals surface area contributed by atoms with Crippen molar-refractivity contribution >= 4 is 12.0 Å². The third-order valence-electron chi connectivity index (χ3n) is 3.40. The van der Waals surface area contributed by atoms with Gasteiger partial charge in [0.25, 0.3) is 0 Å². The van der Waals surface area contributed by atoms with E-state index < -0.39 is 17.5 Å².